The monoisotopic (exact) mass is 239 g/mol. The van der Waals surface area contributed by atoms with E-state index >= 15 is 0 Å². The Morgan fingerprint density at radius 3 is 2.62 bits per heavy atom. The van der Waals surface area contributed by atoms with Crippen LogP contribution in [0.3, 0.4) is 0 Å². The van der Waals surface area contributed by atoms with E-state index in [9.17, 15) is 13.2 Å². The Morgan fingerprint density at radius 2 is 2.12 bits per heavy atom. The van der Waals surface area contributed by atoms with Gasteiger partial charge >= 0.3 is 13.3 Å². The molecule has 0 aliphatic carbocycles. The van der Waals surface area contributed by atoms with E-state index in [0.717, 1.165) is 0 Å². The minimum atomic E-state index is -4.85. The second-order valence-corrected chi connectivity index (χ2v) is 2.87. The number of hydrogen-bond acceptors (Lipinski definition) is 3. The highest BCUT2D eigenvalue weighted by molar-refractivity contribution is 6.58. The zero-order chi connectivity index (χ0) is 16.6. The fourth-order valence-electron chi connectivity index (χ4n) is 1.05. The first-order valence-electron chi connectivity index (χ1n) is 6.51. The topological polar surface area (TPSA) is 49.7 Å². The number of alkyl halides is 3. The van der Waals surface area contributed by atoms with E-state index in [1.54, 1.807) is 0 Å². The first-order valence-corrected chi connectivity index (χ1v) is 4.01. The largest absolute Gasteiger partial charge is 0.494 e. The molecule has 0 unspecified atom stereocenters. The molecule has 0 aromatic heterocycles. The summed E-state index contributed by atoms with van der Waals surface area (Å²) in [5.74, 6) is -0.783. The first-order chi connectivity index (χ1) is 9.24. The van der Waals surface area contributed by atoms with Crippen LogP contribution in [0.4, 0.5) is 13.2 Å². The van der Waals surface area contributed by atoms with Crippen molar-refractivity contribution >= 4 is 12.6 Å². The second kappa shape index (κ2) is 4.75. The third-order valence-electron chi connectivity index (χ3n) is 1.72. The number of rotatable bonds is 3. The molecule has 2 N–H and O–H groups in total. The molecule has 7 heteroatoms. The summed E-state index contributed by atoms with van der Waals surface area (Å²) in [5, 5.41) is 17.8. The summed E-state index contributed by atoms with van der Waals surface area (Å²) in [6, 6.07) is 1.52. The van der Waals surface area contributed by atoms with Crippen molar-refractivity contribution in [2.45, 2.75) is 13.0 Å². The molecule has 88 valence electrons. The minimum Gasteiger partial charge on any atom is -0.494 e. The second-order valence-electron chi connectivity index (χ2n) is 2.87. The molecule has 0 saturated carbocycles. The summed E-state index contributed by atoms with van der Waals surface area (Å²) in [6.45, 7) is -6.48. The van der Waals surface area contributed by atoms with Crippen LogP contribution in [0.5, 0.6) is 5.75 Å². The lowest BCUT2D eigenvalue weighted by molar-refractivity contribution is -0.137. The van der Waals surface area contributed by atoms with Crippen LogP contribution in [-0.4, -0.2) is 23.7 Å². The summed E-state index contributed by atoms with van der Waals surface area (Å²) in [6.07, 6.45) is -4.85. The van der Waals surface area contributed by atoms with Crippen LogP contribution in [0.2, 0.25) is 0 Å². The Kier molecular flexibility index (Phi) is 2.14. The van der Waals surface area contributed by atoms with E-state index < -0.39 is 43.5 Å². The summed E-state index contributed by atoms with van der Waals surface area (Å²) < 4.78 is 77.5. The average Bonchev–Trinajstić information content (AvgIpc) is 2.24. The van der Waals surface area contributed by atoms with Crippen molar-refractivity contribution in [1.29, 1.82) is 0 Å². The highest BCUT2D eigenvalue weighted by Gasteiger charge is 2.32. The fraction of sp³-hybridized carbons (Fsp3) is 0.333. The van der Waals surface area contributed by atoms with Gasteiger partial charge in [0.05, 0.1) is 14.9 Å². The molecule has 0 fully saturated rings. The standard InChI is InChI=1S/C9H10BF3O3/c1-2-16-8-4-6(9(11,12)13)3-7(5-8)10(14)15/h3-5,14-15H,2H2,1H3/i1D3,2D2. The molecule has 1 rings (SSSR count). The van der Waals surface area contributed by atoms with Gasteiger partial charge < -0.3 is 14.8 Å². The van der Waals surface area contributed by atoms with Crippen LogP contribution >= 0.6 is 0 Å². The van der Waals surface area contributed by atoms with Crippen molar-refractivity contribution in [3.8, 4) is 5.75 Å². The van der Waals surface area contributed by atoms with Crippen LogP contribution in [0, 0.1) is 0 Å². The van der Waals surface area contributed by atoms with Crippen LogP contribution in [0.25, 0.3) is 0 Å². The summed E-state index contributed by atoms with van der Waals surface area (Å²) in [7, 11) is -2.26. The average molecular weight is 239 g/mol. The maximum Gasteiger partial charge on any atom is 0.488 e. The Balaban J connectivity index is 3.28. The Hall–Kier alpha value is -1.21. The van der Waals surface area contributed by atoms with Crippen molar-refractivity contribution < 1.29 is 34.8 Å². The zero-order valence-corrected chi connectivity index (χ0v) is 7.75. The van der Waals surface area contributed by atoms with E-state index in [0.29, 0.717) is 18.2 Å². The number of benzene rings is 1. The summed E-state index contributed by atoms with van der Waals surface area (Å²) in [5.41, 5.74) is -1.94. The molecule has 0 spiro atoms. The normalized spacial score (nSPS) is 17.7. The van der Waals surface area contributed by atoms with Gasteiger partial charge in [-0.25, -0.2) is 0 Å². The van der Waals surface area contributed by atoms with E-state index in [1.807, 2.05) is 0 Å². The lowest BCUT2D eigenvalue weighted by Gasteiger charge is -2.12. The Labute approximate surface area is 97.6 Å². The Bertz CT molecular complexity index is 518. The molecule has 0 aliphatic heterocycles. The van der Waals surface area contributed by atoms with Gasteiger partial charge in [0.1, 0.15) is 5.75 Å². The van der Waals surface area contributed by atoms with Gasteiger partial charge in [-0.05, 0) is 30.5 Å². The zero-order valence-electron chi connectivity index (χ0n) is 12.7. The van der Waals surface area contributed by atoms with Gasteiger partial charge in [0.2, 0.25) is 0 Å². The summed E-state index contributed by atoms with van der Waals surface area (Å²) in [4.78, 5) is 0. The van der Waals surface area contributed by atoms with Crippen molar-refractivity contribution in [3.63, 3.8) is 0 Å². The van der Waals surface area contributed by atoms with Gasteiger partial charge in [-0.1, -0.05) is 0 Å². The molecule has 16 heavy (non-hydrogen) atoms. The number of hydrogen-bond donors (Lipinski definition) is 2. The highest BCUT2D eigenvalue weighted by atomic mass is 19.4. The fourth-order valence-corrected chi connectivity index (χ4v) is 1.05. The predicted molar refractivity (Wildman–Crippen MR) is 52.4 cm³/mol. The van der Waals surface area contributed by atoms with Crippen molar-refractivity contribution in [3.05, 3.63) is 23.8 Å². The molecule has 3 nitrogen and oxygen atoms in total. The van der Waals surface area contributed by atoms with Crippen LogP contribution in [0.15, 0.2) is 18.2 Å². The molecule has 0 saturated heterocycles. The molecule has 0 radical (unpaired) electrons. The molecule has 0 heterocycles. The third kappa shape index (κ3) is 3.14. The van der Waals surface area contributed by atoms with E-state index in [-0.39, 0.29) is 0 Å². The lowest BCUT2D eigenvalue weighted by Crippen LogP contribution is -2.31. The maximum absolute atomic E-state index is 12.7. The van der Waals surface area contributed by atoms with Crippen molar-refractivity contribution in [1.82, 2.24) is 0 Å². The van der Waals surface area contributed by atoms with E-state index in [4.69, 9.17) is 16.9 Å². The molecular formula is C9H10BF3O3. The molecule has 0 atom stereocenters. The quantitative estimate of drug-likeness (QED) is 0.766. The van der Waals surface area contributed by atoms with Gasteiger partial charge in [-0.3, -0.25) is 0 Å². The van der Waals surface area contributed by atoms with E-state index in [2.05, 4.69) is 4.74 Å². The van der Waals surface area contributed by atoms with Gasteiger partial charge in [0.15, 0.2) is 0 Å². The Morgan fingerprint density at radius 1 is 1.44 bits per heavy atom. The molecule has 0 bridgehead atoms. The van der Waals surface area contributed by atoms with Gasteiger partial charge in [0, 0.05) is 4.11 Å². The van der Waals surface area contributed by atoms with Crippen LogP contribution in [-0.2, 0) is 6.18 Å². The highest BCUT2D eigenvalue weighted by Crippen LogP contribution is 2.30. The molecule has 0 aliphatic rings. The molecule has 0 amide bonds. The molecular weight excluding hydrogens is 224 g/mol. The minimum absolute atomic E-state index is 0.370. The van der Waals surface area contributed by atoms with Gasteiger partial charge in [0.25, 0.3) is 0 Å². The van der Waals surface area contributed by atoms with Gasteiger partial charge in [-0.15, -0.1) is 0 Å². The third-order valence-corrected chi connectivity index (χ3v) is 1.72. The number of halogens is 3. The SMILES string of the molecule is [2H]C([2H])([2H])C([2H])([2H])Oc1cc(B(O)O)cc(C(F)(F)F)c1. The smallest absolute Gasteiger partial charge is 0.488 e. The van der Waals surface area contributed by atoms with E-state index in [1.165, 1.54) is 0 Å². The first kappa shape index (κ1) is 7.19. The predicted octanol–water partition coefficient (Wildman–Crippen LogP) is 0.784. The van der Waals surface area contributed by atoms with Gasteiger partial charge in [-0.2, -0.15) is 13.2 Å². The lowest BCUT2D eigenvalue weighted by atomic mass is 9.79. The maximum atomic E-state index is 12.7. The van der Waals surface area contributed by atoms with Crippen LogP contribution in [0.1, 0.15) is 19.3 Å². The molecule has 1 aromatic carbocycles. The summed E-state index contributed by atoms with van der Waals surface area (Å²) >= 11 is 0. The van der Waals surface area contributed by atoms with Crippen molar-refractivity contribution in [2.75, 3.05) is 6.56 Å². The van der Waals surface area contributed by atoms with Crippen molar-refractivity contribution in [2.24, 2.45) is 0 Å². The number of ether oxygens (including phenoxy) is 1. The molecule has 1 aromatic rings. The van der Waals surface area contributed by atoms with Crippen LogP contribution < -0.4 is 10.2 Å².